The SMILES string of the molecule is CCCc1cc(Br)c(CCC)c(C2(c3c(O)c(CCC)cc(Br)c3CCC)OC(=O)c3c(C(=O)O)cccc32)c1O. The Labute approximate surface area is 258 Å². The second-order valence-corrected chi connectivity index (χ2v) is 12.3. The van der Waals surface area contributed by atoms with Crippen LogP contribution in [0.2, 0.25) is 0 Å². The van der Waals surface area contributed by atoms with E-state index in [-0.39, 0.29) is 22.6 Å². The molecule has 6 nitrogen and oxygen atoms in total. The van der Waals surface area contributed by atoms with Crippen molar-refractivity contribution in [2.24, 2.45) is 0 Å². The van der Waals surface area contributed by atoms with Crippen LogP contribution in [0.5, 0.6) is 11.5 Å². The molecule has 1 aliphatic heterocycles. The Morgan fingerprint density at radius 3 is 1.68 bits per heavy atom. The summed E-state index contributed by atoms with van der Waals surface area (Å²) in [7, 11) is 0. The topological polar surface area (TPSA) is 104 Å². The minimum atomic E-state index is -1.79. The molecule has 0 aromatic heterocycles. The lowest BCUT2D eigenvalue weighted by Crippen LogP contribution is -2.33. The van der Waals surface area contributed by atoms with Gasteiger partial charge in [0.1, 0.15) is 11.5 Å². The largest absolute Gasteiger partial charge is 0.507 e. The highest BCUT2D eigenvalue weighted by atomic mass is 79.9. The molecule has 0 fully saturated rings. The van der Waals surface area contributed by atoms with Gasteiger partial charge in [-0.2, -0.15) is 0 Å². The second kappa shape index (κ2) is 12.6. The average molecular weight is 688 g/mol. The van der Waals surface area contributed by atoms with Crippen LogP contribution in [-0.2, 0) is 36.0 Å². The van der Waals surface area contributed by atoms with E-state index in [1.807, 2.05) is 39.8 Å². The molecule has 0 atom stereocenters. The van der Waals surface area contributed by atoms with Crippen molar-refractivity contribution in [2.75, 3.05) is 0 Å². The number of fused-ring (bicyclic) bond motifs is 1. The molecule has 0 amide bonds. The molecular weight excluding hydrogens is 652 g/mol. The van der Waals surface area contributed by atoms with Crippen molar-refractivity contribution in [3.63, 3.8) is 0 Å². The maximum Gasteiger partial charge on any atom is 0.341 e. The molecule has 4 rings (SSSR count). The molecule has 0 radical (unpaired) electrons. The van der Waals surface area contributed by atoms with Crippen molar-refractivity contribution < 1.29 is 29.6 Å². The van der Waals surface area contributed by atoms with E-state index >= 15 is 0 Å². The van der Waals surface area contributed by atoms with E-state index in [0.29, 0.717) is 53.5 Å². The first-order valence-electron chi connectivity index (χ1n) is 14.3. The van der Waals surface area contributed by atoms with E-state index in [1.54, 1.807) is 12.1 Å². The number of carboxylic acids is 1. The first kappa shape index (κ1) is 31.1. The highest BCUT2D eigenvalue weighted by molar-refractivity contribution is 9.10. The molecule has 0 aliphatic carbocycles. The number of carbonyl (C=O) groups excluding carboxylic acids is 1. The lowest BCUT2D eigenvalue weighted by Gasteiger charge is -2.36. The van der Waals surface area contributed by atoms with Gasteiger partial charge in [-0.25, -0.2) is 9.59 Å². The van der Waals surface area contributed by atoms with Crippen LogP contribution >= 0.6 is 31.9 Å². The summed E-state index contributed by atoms with van der Waals surface area (Å²) >= 11 is 7.49. The van der Waals surface area contributed by atoms with Crippen LogP contribution in [0.25, 0.3) is 0 Å². The number of carboxylic acid groups (broad SMARTS) is 1. The van der Waals surface area contributed by atoms with Gasteiger partial charge in [-0.1, -0.05) is 97.4 Å². The Hall–Kier alpha value is -2.84. The molecule has 3 aromatic rings. The number of cyclic esters (lactones) is 1. The number of esters is 1. The molecule has 3 N–H and O–H groups in total. The zero-order chi connectivity index (χ0) is 30.1. The van der Waals surface area contributed by atoms with Gasteiger partial charge in [0.05, 0.1) is 22.3 Å². The van der Waals surface area contributed by atoms with E-state index in [9.17, 15) is 24.9 Å². The zero-order valence-electron chi connectivity index (χ0n) is 23.9. The third kappa shape index (κ3) is 5.18. The van der Waals surface area contributed by atoms with Crippen LogP contribution in [0.3, 0.4) is 0 Å². The second-order valence-electron chi connectivity index (χ2n) is 10.5. The molecule has 0 bridgehead atoms. The summed E-state index contributed by atoms with van der Waals surface area (Å²) in [5.41, 5.74) is 1.80. The van der Waals surface area contributed by atoms with Crippen LogP contribution in [0, 0.1) is 0 Å². The predicted molar refractivity (Wildman–Crippen MR) is 166 cm³/mol. The van der Waals surface area contributed by atoms with E-state index in [2.05, 4.69) is 31.9 Å². The van der Waals surface area contributed by atoms with Crippen molar-refractivity contribution in [1.29, 1.82) is 0 Å². The average Bonchev–Trinajstić information content (AvgIpc) is 3.23. The number of phenolic OH excluding ortho intramolecular Hbond substituents is 2. The quantitative estimate of drug-likeness (QED) is 0.175. The first-order valence-corrected chi connectivity index (χ1v) is 15.8. The summed E-state index contributed by atoms with van der Waals surface area (Å²) in [6, 6.07) is 8.45. The third-order valence-corrected chi connectivity index (χ3v) is 9.15. The number of carbonyl (C=O) groups is 2. The van der Waals surface area contributed by atoms with Gasteiger partial charge in [0.15, 0.2) is 5.60 Å². The maximum atomic E-state index is 13.8. The lowest BCUT2D eigenvalue weighted by molar-refractivity contribution is 0.0231. The molecule has 0 saturated heterocycles. The summed E-state index contributed by atoms with van der Waals surface area (Å²) in [6.07, 6.45) is 5.24. The van der Waals surface area contributed by atoms with Gasteiger partial charge in [-0.05, 0) is 66.1 Å². The molecule has 0 unspecified atom stereocenters. The van der Waals surface area contributed by atoms with Gasteiger partial charge in [-0.3, -0.25) is 0 Å². The van der Waals surface area contributed by atoms with E-state index < -0.39 is 17.5 Å². The fraction of sp³-hybridized carbons (Fsp3) is 0.394. The summed E-state index contributed by atoms with van der Waals surface area (Å²) in [4.78, 5) is 26.2. The number of benzene rings is 3. The fourth-order valence-electron chi connectivity index (χ4n) is 6.12. The van der Waals surface area contributed by atoms with Crippen LogP contribution < -0.4 is 0 Å². The Balaban J connectivity index is 2.34. The molecule has 8 heteroatoms. The fourth-order valence-corrected chi connectivity index (χ4v) is 7.46. The number of ether oxygens (including phenoxy) is 1. The Kier molecular flexibility index (Phi) is 9.54. The van der Waals surface area contributed by atoms with Gasteiger partial charge in [-0.15, -0.1) is 0 Å². The molecule has 41 heavy (non-hydrogen) atoms. The van der Waals surface area contributed by atoms with Gasteiger partial charge < -0.3 is 20.1 Å². The van der Waals surface area contributed by atoms with Crippen LogP contribution in [0.15, 0.2) is 39.3 Å². The number of aromatic carboxylic acids is 1. The summed E-state index contributed by atoms with van der Waals surface area (Å²) < 4.78 is 7.95. The van der Waals surface area contributed by atoms with Crippen molar-refractivity contribution in [3.8, 4) is 11.5 Å². The Morgan fingerprint density at radius 1 is 0.805 bits per heavy atom. The molecule has 0 saturated carbocycles. The number of halogens is 2. The van der Waals surface area contributed by atoms with Crippen LogP contribution in [0.4, 0.5) is 0 Å². The van der Waals surface area contributed by atoms with Crippen molar-refractivity contribution in [3.05, 3.63) is 89.3 Å². The molecule has 218 valence electrons. The minimum Gasteiger partial charge on any atom is -0.507 e. The number of rotatable bonds is 11. The highest BCUT2D eigenvalue weighted by Crippen LogP contribution is 2.57. The van der Waals surface area contributed by atoms with Crippen molar-refractivity contribution in [1.82, 2.24) is 0 Å². The smallest absolute Gasteiger partial charge is 0.341 e. The maximum absolute atomic E-state index is 13.8. The van der Waals surface area contributed by atoms with Crippen molar-refractivity contribution >= 4 is 43.8 Å². The van der Waals surface area contributed by atoms with Crippen LogP contribution in [0.1, 0.15) is 113 Å². The van der Waals surface area contributed by atoms with Gasteiger partial charge in [0.2, 0.25) is 0 Å². The number of hydrogen-bond donors (Lipinski definition) is 3. The van der Waals surface area contributed by atoms with Crippen LogP contribution in [-0.4, -0.2) is 27.3 Å². The third-order valence-electron chi connectivity index (χ3n) is 7.73. The molecule has 1 heterocycles. The standard InChI is InChI=1S/C33H36Br2O6/c1-5-10-18-16-24(34)20(12-7-3)27(29(18)36)33(23-15-9-14-22(31(38)39)26(23)32(40)41-33)28-21(13-8-4)25(35)17-19(11-6-2)30(28)37/h9,14-17,36-37H,5-8,10-13H2,1-4H3,(H,38,39). The van der Waals surface area contributed by atoms with E-state index in [0.717, 1.165) is 45.8 Å². The first-order chi connectivity index (χ1) is 19.6. The number of aromatic hydroxyl groups is 2. The molecule has 1 aliphatic rings. The monoisotopic (exact) mass is 686 g/mol. The lowest BCUT2D eigenvalue weighted by atomic mass is 9.72. The molecule has 0 spiro atoms. The molecule has 3 aromatic carbocycles. The number of hydrogen-bond acceptors (Lipinski definition) is 5. The number of phenols is 2. The molecular formula is C33H36Br2O6. The Bertz CT molecular complexity index is 1440. The summed E-state index contributed by atoms with van der Waals surface area (Å²) in [5.74, 6) is -2.10. The van der Waals surface area contributed by atoms with Gasteiger partial charge in [0, 0.05) is 14.5 Å². The van der Waals surface area contributed by atoms with E-state index in [1.165, 1.54) is 6.07 Å². The normalized spacial score (nSPS) is 13.8. The predicted octanol–water partition coefficient (Wildman–Crippen LogP) is 8.59. The summed E-state index contributed by atoms with van der Waals surface area (Å²) in [6.45, 7) is 8.08. The zero-order valence-corrected chi connectivity index (χ0v) is 27.0. The van der Waals surface area contributed by atoms with Gasteiger partial charge in [0.25, 0.3) is 0 Å². The highest BCUT2D eigenvalue weighted by Gasteiger charge is 2.55. The van der Waals surface area contributed by atoms with Crippen molar-refractivity contribution in [2.45, 2.75) is 84.7 Å². The minimum absolute atomic E-state index is 0.0151. The summed E-state index contributed by atoms with van der Waals surface area (Å²) in [5, 5.41) is 34.2. The Morgan fingerprint density at radius 2 is 1.27 bits per heavy atom. The number of aryl methyl sites for hydroxylation is 2. The van der Waals surface area contributed by atoms with E-state index in [4.69, 9.17) is 4.74 Å². The van der Waals surface area contributed by atoms with Gasteiger partial charge >= 0.3 is 11.9 Å².